The summed E-state index contributed by atoms with van der Waals surface area (Å²) in [5.41, 5.74) is 2.92. The third-order valence-corrected chi connectivity index (χ3v) is 5.59. The monoisotopic (exact) mass is 419 g/mol. The Morgan fingerprint density at radius 2 is 1.82 bits per heavy atom. The minimum absolute atomic E-state index is 0.176. The maximum absolute atomic E-state index is 12.4. The molecule has 0 bridgehead atoms. The van der Waals surface area contributed by atoms with Crippen LogP contribution in [-0.2, 0) is 4.74 Å². The molecule has 1 heterocycles. The normalized spacial score (nSPS) is 10.5. The third kappa shape index (κ3) is 4.69. The Morgan fingerprint density at radius 1 is 1.18 bits per heavy atom. The highest BCUT2D eigenvalue weighted by Crippen LogP contribution is 2.34. The Morgan fingerprint density at radius 3 is 2.39 bits per heavy atom. The van der Waals surface area contributed by atoms with E-state index in [2.05, 4.69) is 24.5 Å². The van der Waals surface area contributed by atoms with Gasteiger partial charge in [-0.25, -0.2) is 4.79 Å². The minimum Gasteiger partial charge on any atom is -0.465 e. The lowest BCUT2D eigenvalue weighted by Crippen LogP contribution is -2.21. The van der Waals surface area contributed by atoms with Crippen LogP contribution in [0.25, 0.3) is 0 Å². The first kappa shape index (κ1) is 21.8. The zero-order valence-electron chi connectivity index (χ0n) is 16.9. The highest BCUT2D eigenvalue weighted by molar-refractivity contribution is 7.80. The fourth-order valence-electron chi connectivity index (χ4n) is 2.73. The van der Waals surface area contributed by atoms with Crippen LogP contribution in [0.5, 0.6) is 0 Å². The summed E-state index contributed by atoms with van der Waals surface area (Å²) in [7, 11) is 4.65. The number of carbonyl (C=O) groups excluding carboxylic acids is 2. The fraction of sp³-hybridized carbons (Fsp3) is 0.350. The predicted octanol–water partition coefficient (Wildman–Crippen LogP) is 4.48. The molecule has 8 heteroatoms. The Balaban J connectivity index is 2.35. The molecule has 28 heavy (non-hydrogen) atoms. The van der Waals surface area contributed by atoms with Crippen molar-refractivity contribution >= 4 is 51.2 Å². The number of para-hydroxylation sites is 1. The van der Waals surface area contributed by atoms with Gasteiger partial charge in [-0.15, -0.1) is 11.3 Å². The maximum atomic E-state index is 12.4. The number of nitrogens with zero attached hydrogens (tertiary/aromatic N) is 1. The predicted molar refractivity (Wildman–Crippen MR) is 119 cm³/mol. The highest BCUT2D eigenvalue weighted by Gasteiger charge is 2.26. The Labute approximate surface area is 174 Å². The summed E-state index contributed by atoms with van der Waals surface area (Å²) in [5.74, 6) is -0.366. The number of anilines is 2. The molecule has 0 spiro atoms. The Bertz CT molecular complexity index is 904. The number of esters is 1. The lowest BCUT2D eigenvalue weighted by molar-refractivity contribution is 0.0601. The molecule has 2 rings (SSSR count). The number of hydrogen-bond acceptors (Lipinski definition) is 5. The summed E-state index contributed by atoms with van der Waals surface area (Å²) < 4.78 is 4.90. The van der Waals surface area contributed by atoms with Gasteiger partial charge in [0.05, 0.1) is 17.6 Å². The van der Waals surface area contributed by atoms with Crippen molar-refractivity contribution in [1.82, 2.24) is 4.90 Å². The average molecular weight is 420 g/mol. The van der Waals surface area contributed by atoms with Gasteiger partial charge in [-0.3, -0.25) is 4.79 Å². The van der Waals surface area contributed by atoms with E-state index in [-0.39, 0.29) is 5.91 Å². The molecule has 0 saturated heterocycles. The zero-order valence-corrected chi connectivity index (χ0v) is 18.5. The molecule has 1 amide bonds. The molecule has 1 aromatic carbocycles. The van der Waals surface area contributed by atoms with Crippen LogP contribution in [0.2, 0.25) is 0 Å². The quantitative estimate of drug-likeness (QED) is 0.550. The Hall–Kier alpha value is -2.45. The molecule has 0 aliphatic rings. The standard InChI is InChI=1S/C20H25N3O3S2/c1-11(2)13-9-7-8-10-14(13)21-20(27)22-17-15(19(25)26-6)12(3)16(28-17)18(24)23(4)5/h7-11H,1-6H3,(H2,21,22,27). The van der Waals surface area contributed by atoms with Crippen molar-refractivity contribution < 1.29 is 14.3 Å². The highest BCUT2D eigenvalue weighted by atomic mass is 32.1. The van der Waals surface area contributed by atoms with E-state index >= 15 is 0 Å². The number of ether oxygens (including phenoxy) is 1. The Kier molecular flexibility index (Phi) is 7.15. The summed E-state index contributed by atoms with van der Waals surface area (Å²) in [6, 6.07) is 7.90. The number of thiophene rings is 1. The van der Waals surface area contributed by atoms with Gasteiger partial charge in [-0.1, -0.05) is 32.0 Å². The van der Waals surface area contributed by atoms with Crippen molar-refractivity contribution in [2.45, 2.75) is 26.7 Å². The second-order valence-electron chi connectivity index (χ2n) is 6.77. The molecule has 0 fully saturated rings. The van der Waals surface area contributed by atoms with Gasteiger partial charge in [0.1, 0.15) is 5.00 Å². The molecule has 0 radical (unpaired) electrons. The molecular formula is C20H25N3O3S2. The SMILES string of the molecule is COC(=O)c1c(NC(=S)Nc2ccccc2C(C)C)sc(C(=O)N(C)C)c1C. The molecule has 150 valence electrons. The van der Waals surface area contributed by atoms with E-state index in [1.807, 2.05) is 24.3 Å². The second kappa shape index (κ2) is 9.16. The van der Waals surface area contributed by atoms with Gasteiger partial charge < -0.3 is 20.3 Å². The van der Waals surface area contributed by atoms with E-state index in [1.54, 1.807) is 21.0 Å². The van der Waals surface area contributed by atoms with Crippen LogP contribution < -0.4 is 10.6 Å². The van der Waals surface area contributed by atoms with Crippen LogP contribution in [0.1, 0.15) is 50.9 Å². The van der Waals surface area contributed by atoms with E-state index in [0.29, 0.717) is 32.0 Å². The first-order valence-corrected chi connectivity index (χ1v) is 10.00. The molecule has 0 saturated carbocycles. The van der Waals surface area contributed by atoms with Crippen molar-refractivity contribution in [2.75, 3.05) is 31.8 Å². The number of methoxy groups -OCH3 is 1. The lowest BCUT2D eigenvalue weighted by atomic mass is 10.0. The number of rotatable bonds is 5. The number of amides is 1. The van der Waals surface area contributed by atoms with Crippen LogP contribution in [0, 0.1) is 6.92 Å². The van der Waals surface area contributed by atoms with Crippen LogP contribution in [-0.4, -0.2) is 43.1 Å². The lowest BCUT2D eigenvalue weighted by Gasteiger charge is -2.16. The number of nitrogens with one attached hydrogen (secondary N) is 2. The smallest absolute Gasteiger partial charge is 0.341 e. The van der Waals surface area contributed by atoms with Gasteiger partial charge in [0.2, 0.25) is 0 Å². The first-order chi connectivity index (χ1) is 13.2. The molecule has 2 N–H and O–H groups in total. The average Bonchev–Trinajstić information content (AvgIpc) is 2.96. The van der Waals surface area contributed by atoms with Gasteiger partial charge in [0, 0.05) is 19.8 Å². The zero-order chi connectivity index (χ0) is 21.0. The van der Waals surface area contributed by atoms with Crippen molar-refractivity contribution in [3.63, 3.8) is 0 Å². The van der Waals surface area contributed by atoms with Gasteiger partial charge in [-0.2, -0.15) is 0 Å². The van der Waals surface area contributed by atoms with Crippen molar-refractivity contribution in [3.05, 3.63) is 45.8 Å². The van der Waals surface area contributed by atoms with Crippen LogP contribution >= 0.6 is 23.6 Å². The molecular weight excluding hydrogens is 394 g/mol. The number of hydrogen-bond donors (Lipinski definition) is 2. The summed E-state index contributed by atoms with van der Waals surface area (Å²) in [6.45, 7) is 5.94. The second-order valence-corrected chi connectivity index (χ2v) is 8.20. The van der Waals surface area contributed by atoms with E-state index in [1.165, 1.54) is 23.3 Å². The van der Waals surface area contributed by atoms with Crippen molar-refractivity contribution in [2.24, 2.45) is 0 Å². The van der Waals surface area contributed by atoms with E-state index in [4.69, 9.17) is 17.0 Å². The molecule has 2 aromatic rings. The minimum atomic E-state index is -0.514. The summed E-state index contributed by atoms with van der Waals surface area (Å²) in [6.07, 6.45) is 0. The van der Waals surface area contributed by atoms with Gasteiger partial charge >= 0.3 is 5.97 Å². The van der Waals surface area contributed by atoms with Gasteiger partial charge in [0.15, 0.2) is 5.11 Å². The van der Waals surface area contributed by atoms with E-state index < -0.39 is 5.97 Å². The van der Waals surface area contributed by atoms with Crippen LogP contribution in [0.3, 0.4) is 0 Å². The molecule has 6 nitrogen and oxygen atoms in total. The fourth-order valence-corrected chi connectivity index (χ4v) is 4.22. The molecule has 0 unspecified atom stereocenters. The topological polar surface area (TPSA) is 70.7 Å². The van der Waals surface area contributed by atoms with E-state index in [9.17, 15) is 9.59 Å². The van der Waals surface area contributed by atoms with E-state index in [0.717, 1.165) is 11.3 Å². The maximum Gasteiger partial charge on any atom is 0.341 e. The molecule has 0 atom stereocenters. The number of benzene rings is 1. The molecule has 0 aliphatic carbocycles. The van der Waals surface area contributed by atoms with Crippen molar-refractivity contribution in [3.8, 4) is 0 Å². The summed E-state index contributed by atoms with van der Waals surface area (Å²) >= 11 is 6.64. The molecule has 0 aliphatic heterocycles. The summed E-state index contributed by atoms with van der Waals surface area (Å²) in [4.78, 5) is 26.7. The van der Waals surface area contributed by atoms with Crippen molar-refractivity contribution in [1.29, 1.82) is 0 Å². The third-order valence-electron chi connectivity index (χ3n) is 4.19. The van der Waals surface area contributed by atoms with Gasteiger partial charge in [0.25, 0.3) is 5.91 Å². The summed E-state index contributed by atoms with van der Waals surface area (Å²) in [5, 5.41) is 7.06. The number of carbonyl (C=O) groups is 2. The largest absolute Gasteiger partial charge is 0.465 e. The van der Waals surface area contributed by atoms with Crippen LogP contribution in [0.4, 0.5) is 10.7 Å². The van der Waals surface area contributed by atoms with Crippen LogP contribution in [0.15, 0.2) is 24.3 Å². The number of thiocarbonyl (C=S) groups is 1. The first-order valence-electron chi connectivity index (χ1n) is 8.77. The molecule has 1 aromatic heterocycles. The van der Waals surface area contributed by atoms with Gasteiger partial charge in [-0.05, 0) is 42.3 Å².